The highest BCUT2D eigenvalue weighted by Gasteiger charge is 2.74. The molecular formula is C15H13F6N3O2. The number of morpholine rings is 1. The Balaban J connectivity index is 2.14. The summed E-state index contributed by atoms with van der Waals surface area (Å²) in [5, 5.41) is 0. The Morgan fingerprint density at radius 2 is 1.46 bits per heavy atom. The van der Waals surface area contributed by atoms with Gasteiger partial charge in [0.1, 0.15) is 0 Å². The summed E-state index contributed by atoms with van der Waals surface area (Å²) in [4.78, 5) is 6.93. The van der Waals surface area contributed by atoms with E-state index in [9.17, 15) is 26.3 Å². The van der Waals surface area contributed by atoms with E-state index in [0.717, 1.165) is 0 Å². The third-order valence-electron chi connectivity index (χ3n) is 3.80. The molecule has 0 unspecified atom stereocenters. The minimum Gasteiger partial charge on any atom is -0.406 e. The number of hydrogen-bond acceptors (Lipinski definition) is 5. The van der Waals surface area contributed by atoms with Crippen LogP contribution >= 0.6 is 0 Å². The smallest absolute Gasteiger partial charge is 0.406 e. The monoisotopic (exact) mass is 381 g/mol. The molecule has 2 aliphatic heterocycles. The summed E-state index contributed by atoms with van der Waals surface area (Å²) in [6.07, 6.45) is -11.6. The van der Waals surface area contributed by atoms with Gasteiger partial charge in [0, 0.05) is 18.7 Å². The zero-order valence-electron chi connectivity index (χ0n) is 13.1. The van der Waals surface area contributed by atoms with Gasteiger partial charge in [0.2, 0.25) is 5.90 Å². The molecule has 0 amide bonds. The highest BCUT2D eigenvalue weighted by molar-refractivity contribution is 6.02. The number of rotatable bonds is 1. The van der Waals surface area contributed by atoms with Gasteiger partial charge in [-0.1, -0.05) is 18.2 Å². The summed E-state index contributed by atoms with van der Waals surface area (Å²) in [6.45, 7) is 0.357. The molecule has 0 atom stereocenters. The van der Waals surface area contributed by atoms with Crippen LogP contribution in [-0.4, -0.2) is 61.1 Å². The zero-order chi connectivity index (χ0) is 19.0. The number of aliphatic imine (C=N–C) groups is 2. The lowest BCUT2D eigenvalue weighted by atomic mass is 10.1. The van der Waals surface area contributed by atoms with Crippen LogP contribution in [0.2, 0.25) is 0 Å². The quantitative estimate of drug-likeness (QED) is 0.703. The molecule has 2 aliphatic rings. The molecule has 26 heavy (non-hydrogen) atoms. The topological polar surface area (TPSA) is 46.4 Å². The number of hydrogen-bond donors (Lipinski definition) is 0. The van der Waals surface area contributed by atoms with Gasteiger partial charge in [0.15, 0.2) is 0 Å². The van der Waals surface area contributed by atoms with Crippen LogP contribution in [0, 0.1) is 0 Å². The van der Waals surface area contributed by atoms with Crippen LogP contribution in [-0.2, 0) is 9.47 Å². The predicted octanol–water partition coefficient (Wildman–Crippen LogP) is 2.97. The molecule has 0 spiro atoms. The van der Waals surface area contributed by atoms with Gasteiger partial charge in [0.25, 0.3) is 6.02 Å². The van der Waals surface area contributed by atoms with E-state index in [1.165, 1.54) is 29.2 Å². The first-order valence-electron chi connectivity index (χ1n) is 7.53. The maximum absolute atomic E-state index is 13.5. The lowest BCUT2D eigenvalue weighted by molar-refractivity contribution is -0.293. The molecule has 1 saturated heterocycles. The van der Waals surface area contributed by atoms with Gasteiger partial charge in [-0.25, -0.2) is 4.99 Å². The Morgan fingerprint density at radius 3 is 2.00 bits per heavy atom. The number of nitrogens with zero attached hydrogens (tertiary/aromatic N) is 3. The number of amidine groups is 1. The zero-order valence-corrected chi connectivity index (χ0v) is 13.1. The van der Waals surface area contributed by atoms with Crippen molar-refractivity contribution in [1.82, 2.24) is 4.90 Å². The molecule has 0 radical (unpaired) electrons. The number of halogens is 6. The van der Waals surface area contributed by atoms with Crippen molar-refractivity contribution in [2.45, 2.75) is 18.0 Å². The van der Waals surface area contributed by atoms with Crippen molar-refractivity contribution >= 4 is 11.9 Å². The number of ether oxygens (including phenoxy) is 2. The number of benzene rings is 1. The first-order chi connectivity index (χ1) is 12.1. The SMILES string of the molecule is FC(F)(F)C1(C(F)(F)F)N=C(c2ccccc2)OC(N2CCOCC2)=N1. The highest BCUT2D eigenvalue weighted by Crippen LogP contribution is 2.48. The average molecular weight is 381 g/mol. The van der Waals surface area contributed by atoms with E-state index in [-0.39, 0.29) is 31.9 Å². The van der Waals surface area contributed by atoms with Crippen molar-refractivity contribution in [3.8, 4) is 0 Å². The van der Waals surface area contributed by atoms with Crippen LogP contribution in [0.3, 0.4) is 0 Å². The summed E-state index contributed by atoms with van der Waals surface area (Å²) < 4.78 is 91.2. The predicted molar refractivity (Wildman–Crippen MR) is 78.7 cm³/mol. The second kappa shape index (κ2) is 6.45. The Labute approximate surface area is 143 Å². The molecule has 1 aromatic carbocycles. The minimum absolute atomic E-state index is 0.0222. The third kappa shape index (κ3) is 3.22. The van der Waals surface area contributed by atoms with Gasteiger partial charge < -0.3 is 14.4 Å². The summed E-state index contributed by atoms with van der Waals surface area (Å²) in [7, 11) is 0. The lowest BCUT2D eigenvalue weighted by Gasteiger charge is -2.37. The fraction of sp³-hybridized carbons (Fsp3) is 0.467. The lowest BCUT2D eigenvalue weighted by Crippen LogP contribution is -2.58. The van der Waals surface area contributed by atoms with Crippen LogP contribution in [0.25, 0.3) is 0 Å². The van der Waals surface area contributed by atoms with Gasteiger partial charge >= 0.3 is 18.0 Å². The molecular weight excluding hydrogens is 368 g/mol. The largest absolute Gasteiger partial charge is 0.443 e. The molecule has 142 valence electrons. The summed E-state index contributed by atoms with van der Waals surface area (Å²) in [5.41, 5.74) is -4.65. The maximum atomic E-state index is 13.5. The van der Waals surface area contributed by atoms with Crippen LogP contribution in [0.4, 0.5) is 26.3 Å². The Hall–Kier alpha value is -2.30. The molecule has 0 aromatic heterocycles. The summed E-state index contributed by atoms with van der Waals surface area (Å²) >= 11 is 0. The molecule has 5 nitrogen and oxygen atoms in total. The van der Waals surface area contributed by atoms with Gasteiger partial charge in [-0.05, 0) is 12.1 Å². The Morgan fingerprint density at radius 1 is 0.885 bits per heavy atom. The van der Waals surface area contributed by atoms with E-state index in [1.807, 2.05) is 0 Å². The van der Waals surface area contributed by atoms with E-state index >= 15 is 0 Å². The van der Waals surface area contributed by atoms with Crippen molar-refractivity contribution in [3.63, 3.8) is 0 Å². The van der Waals surface area contributed by atoms with E-state index in [0.29, 0.717) is 0 Å². The molecule has 0 aliphatic carbocycles. The highest BCUT2D eigenvalue weighted by atomic mass is 19.4. The third-order valence-corrected chi connectivity index (χ3v) is 3.80. The fourth-order valence-electron chi connectivity index (χ4n) is 2.45. The van der Waals surface area contributed by atoms with Crippen molar-refractivity contribution in [2.75, 3.05) is 26.3 Å². The molecule has 1 fully saturated rings. The van der Waals surface area contributed by atoms with Crippen LogP contribution < -0.4 is 0 Å². The fourth-order valence-corrected chi connectivity index (χ4v) is 2.45. The van der Waals surface area contributed by atoms with Crippen molar-refractivity contribution in [2.24, 2.45) is 9.98 Å². The van der Waals surface area contributed by atoms with Crippen LogP contribution in [0.15, 0.2) is 40.3 Å². The summed E-state index contributed by atoms with van der Waals surface area (Å²) in [6, 6.07) is 6.29. The van der Waals surface area contributed by atoms with Gasteiger partial charge in [-0.2, -0.15) is 31.3 Å². The van der Waals surface area contributed by atoms with Gasteiger partial charge in [-0.3, -0.25) is 0 Å². The minimum atomic E-state index is -5.80. The first-order valence-corrected chi connectivity index (χ1v) is 7.53. The van der Waals surface area contributed by atoms with E-state index < -0.39 is 29.9 Å². The van der Waals surface area contributed by atoms with E-state index in [2.05, 4.69) is 9.98 Å². The average Bonchev–Trinajstić information content (AvgIpc) is 2.61. The Bertz CT molecular complexity index is 694. The Kier molecular flexibility index (Phi) is 4.59. The van der Waals surface area contributed by atoms with Gasteiger partial charge in [0.05, 0.1) is 13.2 Å². The second-order valence-electron chi connectivity index (χ2n) is 5.55. The summed E-state index contributed by atoms with van der Waals surface area (Å²) in [5.74, 6) is -0.795. The number of alkyl halides is 6. The van der Waals surface area contributed by atoms with Crippen molar-refractivity contribution < 1.29 is 35.8 Å². The molecule has 1 aromatic rings. The van der Waals surface area contributed by atoms with Crippen LogP contribution in [0.1, 0.15) is 5.56 Å². The normalized spacial score (nSPS) is 20.9. The first kappa shape index (κ1) is 18.5. The van der Waals surface area contributed by atoms with Crippen LogP contribution in [0.5, 0.6) is 0 Å². The van der Waals surface area contributed by atoms with Crippen molar-refractivity contribution in [1.29, 1.82) is 0 Å². The van der Waals surface area contributed by atoms with Crippen molar-refractivity contribution in [3.05, 3.63) is 35.9 Å². The standard InChI is InChI=1S/C15H13F6N3O2/c16-14(17,18)13(15(19,20)21)22-11(10-4-2-1-3-5-10)26-12(23-13)24-6-8-25-9-7-24/h1-5H,6-9H2. The maximum Gasteiger partial charge on any atom is 0.443 e. The van der Waals surface area contributed by atoms with E-state index in [4.69, 9.17) is 9.47 Å². The molecule has 0 saturated carbocycles. The molecule has 0 N–H and O–H groups in total. The second-order valence-corrected chi connectivity index (χ2v) is 5.55. The molecule has 3 rings (SSSR count). The molecule has 2 heterocycles. The molecule has 11 heteroatoms. The van der Waals surface area contributed by atoms with E-state index in [1.54, 1.807) is 6.07 Å². The van der Waals surface area contributed by atoms with Gasteiger partial charge in [-0.15, -0.1) is 0 Å². The molecule has 0 bridgehead atoms.